The first kappa shape index (κ1) is 12.0. The van der Waals surface area contributed by atoms with Crippen LogP contribution in [0.5, 0.6) is 5.75 Å². The highest BCUT2D eigenvalue weighted by Gasteiger charge is 2.21. The van der Waals surface area contributed by atoms with Crippen LogP contribution in [0.25, 0.3) is 32.6 Å². The lowest BCUT2D eigenvalue weighted by molar-refractivity contribution is 0.422. The first-order valence-electron chi connectivity index (χ1n) is 6.57. The number of nitrogens with one attached hydrogen (secondary N) is 1. The smallest absolute Gasteiger partial charge is 0.258 e. The van der Waals surface area contributed by atoms with Crippen LogP contribution in [-0.2, 0) is 7.05 Å². The molecule has 0 spiro atoms. The molecule has 4 aromatic rings. The number of fused-ring (bicyclic) bond motifs is 2. The van der Waals surface area contributed by atoms with Gasteiger partial charge >= 0.3 is 0 Å². The van der Waals surface area contributed by atoms with Crippen molar-refractivity contribution < 1.29 is 4.74 Å². The predicted molar refractivity (Wildman–Crippen MR) is 82.6 cm³/mol. The number of aromatic nitrogens is 2. The lowest BCUT2D eigenvalue weighted by Gasteiger charge is -2.11. The van der Waals surface area contributed by atoms with Gasteiger partial charge in [0.1, 0.15) is 0 Å². The minimum absolute atomic E-state index is 0.0900. The fraction of sp³-hybridized carbons (Fsp3) is 0.125. The first-order valence-corrected chi connectivity index (χ1v) is 6.57. The van der Waals surface area contributed by atoms with E-state index in [1.807, 2.05) is 6.07 Å². The molecule has 0 atom stereocenters. The summed E-state index contributed by atoms with van der Waals surface area (Å²) in [7, 11) is 3.27. The number of ether oxygens (including phenoxy) is 1. The summed E-state index contributed by atoms with van der Waals surface area (Å²) in [5.41, 5.74) is 1.21. The molecule has 0 amide bonds. The summed E-state index contributed by atoms with van der Waals surface area (Å²) >= 11 is 0. The summed E-state index contributed by atoms with van der Waals surface area (Å²) in [5.74, 6) is 0.560. The van der Waals surface area contributed by atoms with E-state index in [1.165, 1.54) is 6.07 Å². The van der Waals surface area contributed by atoms with E-state index in [2.05, 4.69) is 4.98 Å². The number of hydrogen-bond acceptors (Lipinski definition) is 3. The van der Waals surface area contributed by atoms with Crippen LogP contribution < -0.4 is 15.7 Å². The van der Waals surface area contributed by atoms with Crippen LogP contribution in [0, 0.1) is 0 Å². The molecule has 1 N–H and O–H groups in total. The van der Waals surface area contributed by atoms with E-state index in [0.29, 0.717) is 32.9 Å². The Morgan fingerprint density at radius 3 is 2.67 bits per heavy atom. The number of benzene rings is 2. The Balaban J connectivity index is 2.55. The molecule has 2 aromatic heterocycles. The number of aromatic amines is 1. The van der Waals surface area contributed by atoms with E-state index in [9.17, 15) is 9.59 Å². The second kappa shape index (κ2) is 3.85. The van der Waals surface area contributed by atoms with Gasteiger partial charge in [-0.15, -0.1) is 0 Å². The third-order valence-corrected chi connectivity index (χ3v) is 4.04. The van der Waals surface area contributed by atoms with E-state index in [-0.39, 0.29) is 11.0 Å². The van der Waals surface area contributed by atoms with E-state index >= 15 is 0 Å². The Labute approximate surface area is 118 Å². The van der Waals surface area contributed by atoms with Crippen LogP contribution in [-0.4, -0.2) is 16.7 Å². The van der Waals surface area contributed by atoms with Gasteiger partial charge in [0.05, 0.1) is 28.9 Å². The number of rotatable bonds is 1. The monoisotopic (exact) mass is 280 g/mol. The van der Waals surface area contributed by atoms with E-state index in [4.69, 9.17) is 4.74 Å². The Morgan fingerprint density at radius 2 is 1.90 bits per heavy atom. The van der Waals surface area contributed by atoms with Gasteiger partial charge in [0.2, 0.25) is 0 Å². The maximum atomic E-state index is 12.4. The summed E-state index contributed by atoms with van der Waals surface area (Å²) in [6, 6.07) is 6.79. The van der Waals surface area contributed by atoms with Gasteiger partial charge in [0.15, 0.2) is 11.2 Å². The SMILES string of the molecule is COc1c2cccc(=O)c2c2[nH]ccc3c(=O)n(C)c1c32. The molecule has 5 heteroatoms. The number of pyridine rings is 1. The molecule has 0 radical (unpaired) electrons. The number of methoxy groups -OCH3 is 1. The molecule has 0 aliphatic rings. The van der Waals surface area contributed by atoms with Crippen molar-refractivity contribution in [2.24, 2.45) is 7.05 Å². The van der Waals surface area contributed by atoms with Crippen molar-refractivity contribution in [3.05, 3.63) is 51.0 Å². The van der Waals surface area contributed by atoms with Crippen LogP contribution >= 0.6 is 0 Å². The van der Waals surface area contributed by atoms with E-state index in [0.717, 1.165) is 5.39 Å². The van der Waals surface area contributed by atoms with Gasteiger partial charge < -0.3 is 14.3 Å². The highest BCUT2D eigenvalue weighted by atomic mass is 16.5. The molecule has 0 aliphatic heterocycles. The number of hydrogen-bond donors (Lipinski definition) is 1. The van der Waals surface area contributed by atoms with Crippen molar-refractivity contribution in [2.75, 3.05) is 7.11 Å². The quantitative estimate of drug-likeness (QED) is 0.542. The molecule has 5 nitrogen and oxygen atoms in total. The van der Waals surface area contributed by atoms with Crippen molar-refractivity contribution in [1.29, 1.82) is 0 Å². The molecule has 0 saturated heterocycles. The number of aryl methyl sites for hydroxylation is 1. The minimum Gasteiger partial charge on any atom is -0.494 e. The van der Waals surface area contributed by atoms with Crippen molar-refractivity contribution in [3.8, 4) is 5.75 Å². The van der Waals surface area contributed by atoms with Crippen LogP contribution in [0.1, 0.15) is 0 Å². The fourth-order valence-corrected chi connectivity index (χ4v) is 3.15. The van der Waals surface area contributed by atoms with Crippen molar-refractivity contribution in [2.45, 2.75) is 0 Å². The van der Waals surface area contributed by atoms with E-state index in [1.54, 1.807) is 37.1 Å². The molecule has 2 heterocycles. The normalized spacial score (nSPS) is 11.7. The van der Waals surface area contributed by atoms with Crippen LogP contribution in [0.4, 0.5) is 0 Å². The fourth-order valence-electron chi connectivity index (χ4n) is 3.15. The van der Waals surface area contributed by atoms with Crippen molar-refractivity contribution in [1.82, 2.24) is 9.55 Å². The molecular formula is C16H12N2O3. The molecule has 0 unspecified atom stereocenters. The molecule has 104 valence electrons. The van der Waals surface area contributed by atoms with Gasteiger partial charge in [0, 0.05) is 24.0 Å². The molecule has 4 rings (SSSR count). The number of H-pyrrole nitrogens is 1. The van der Waals surface area contributed by atoms with E-state index < -0.39 is 0 Å². The topological polar surface area (TPSA) is 64.1 Å². The lowest BCUT2D eigenvalue weighted by atomic mass is 10.0. The molecule has 0 fully saturated rings. The minimum atomic E-state index is -0.0925. The Hall–Kier alpha value is -2.82. The van der Waals surface area contributed by atoms with Crippen molar-refractivity contribution >= 4 is 32.6 Å². The average molecular weight is 280 g/mol. The second-order valence-corrected chi connectivity index (χ2v) is 5.07. The summed E-state index contributed by atoms with van der Waals surface area (Å²) in [6.45, 7) is 0. The van der Waals surface area contributed by atoms with Crippen LogP contribution in [0.3, 0.4) is 0 Å². The predicted octanol–water partition coefficient (Wildman–Crippen LogP) is 1.98. The second-order valence-electron chi connectivity index (χ2n) is 5.07. The van der Waals surface area contributed by atoms with Crippen LogP contribution in [0.15, 0.2) is 40.1 Å². The third-order valence-electron chi connectivity index (χ3n) is 4.04. The van der Waals surface area contributed by atoms with Crippen molar-refractivity contribution in [3.63, 3.8) is 0 Å². The first-order chi connectivity index (χ1) is 10.1. The molecule has 0 bridgehead atoms. The maximum Gasteiger partial charge on any atom is 0.258 e. The largest absolute Gasteiger partial charge is 0.494 e. The van der Waals surface area contributed by atoms with Gasteiger partial charge in [-0.2, -0.15) is 0 Å². The molecule has 0 aliphatic carbocycles. The summed E-state index contributed by atoms with van der Waals surface area (Å²) in [4.78, 5) is 27.8. The molecule has 0 saturated carbocycles. The average Bonchev–Trinajstić information content (AvgIpc) is 2.75. The summed E-state index contributed by atoms with van der Waals surface area (Å²) in [5, 5.41) is 2.60. The number of nitrogens with zero attached hydrogens (tertiary/aromatic N) is 1. The van der Waals surface area contributed by atoms with Crippen LogP contribution in [0.2, 0.25) is 0 Å². The molecular weight excluding hydrogens is 268 g/mol. The van der Waals surface area contributed by atoms with Gasteiger partial charge in [-0.3, -0.25) is 9.59 Å². The third kappa shape index (κ3) is 1.30. The summed E-state index contributed by atoms with van der Waals surface area (Å²) < 4.78 is 7.09. The standard InChI is InChI=1S/C16H12N2O3/c1-18-14-12-9(16(18)20)6-7-17-13(12)11-8(15(14)21-2)4-3-5-10(11)19/h3-7,17H,1-2H3. The van der Waals surface area contributed by atoms with Gasteiger partial charge in [-0.1, -0.05) is 12.1 Å². The zero-order valence-electron chi connectivity index (χ0n) is 11.6. The van der Waals surface area contributed by atoms with Gasteiger partial charge in [-0.25, -0.2) is 0 Å². The maximum absolute atomic E-state index is 12.4. The zero-order valence-corrected chi connectivity index (χ0v) is 11.6. The highest BCUT2D eigenvalue weighted by molar-refractivity contribution is 6.22. The Morgan fingerprint density at radius 1 is 1.10 bits per heavy atom. The molecule has 2 aromatic carbocycles. The Bertz CT molecular complexity index is 1120. The molecule has 21 heavy (non-hydrogen) atoms. The zero-order chi connectivity index (χ0) is 14.7. The summed E-state index contributed by atoms with van der Waals surface area (Å²) in [6.07, 6.45) is 1.69. The highest BCUT2D eigenvalue weighted by Crippen LogP contribution is 2.38. The van der Waals surface area contributed by atoms with Gasteiger partial charge in [-0.05, 0) is 12.1 Å². The lowest BCUT2D eigenvalue weighted by Crippen LogP contribution is -2.10. The Kier molecular flexibility index (Phi) is 2.19. The van der Waals surface area contributed by atoms with Gasteiger partial charge in [0.25, 0.3) is 5.56 Å².